The summed E-state index contributed by atoms with van der Waals surface area (Å²) in [6, 6.07) is 0.137. The average Bonchev–Trinajstić information content (AvgIpc) is 3.16. The van der Waals surface area contributed by atoms with Gasteiger partial charge < -0.3 is 15.6 Å². The first-order valence-electron chi connectivity index (χ1n) is 8.09. The number of nitrogens with one attached hydrogen (secondary N) is 1. The number of amides is 1. The Morgan fingerprint density at radius 2 is 1.90 bits per heavy atom. The van der Waals surface area contributed by atoms with Crippen LogP contribution >= 0.6 is 0 Å². The number of carbonyl (C=O) groups excluding carboxylic acids is 1. The Bertz CT molecular complexity index is 482. The number of rotatable bonds is 5. The zero-order chi connectivity index (χ0) is 14.7. The van der Waals surface area contributed by atoms with Crippen LogP contribution in [0.3, 0.4) is 0 Å². The fourth-order valence-corrected chi connectivity index (χ4v) is 3.62. The molecule has 1 aromatic rings. The Labute approximate surface area is 124 Å². The highest BCUT2D eigenvalue weighted by Gasteiger charge is 2.29. The highest BCUT2D eigenvalue weighted by atomic mass is 16.5. The van der Waals surface area contributed by atoms with E-state index in [4.69, 9.17) is 10.3 Å². The second-order valence-corrected chi connectivity index (χ2v) is 6.31. The van der Waals surface area contributed by atoms with Crippen LogP contribution < -0.4 is 11.1 Å². The summed E-state index contributed by atoms with van der Waals surface area (Å²) in [6.07, 6.45) is 8.93. The van der Waals surface area contributed by atoms with E-state index in [9.17, 15) is 4.79 Å². The maximum atomic E-state index is 11.5. The third kappa shape index (κ3) is 3.43. The fraction of sp³-hybridized carbons (Fsp3) is 0.800. The van der Waals surface area contributed by atoms with E-state index in [2.05, 4.69) is 15.5 Å². The van der Waals surface area contributed by atoms with Crippen LogP contribution in [0, 0.1) is 5.92 Å². The lowest BCUT2D eigenvalue weighted by molar-refractivity contribution is -0.123. The minimum Gasteiger partial charge on any atom is -0.369 e. The molecule has 0 radical (unpaired) electrons. The Kier molecular flexibility index (Phi) is 4.53. The van der Waals surface area contributed by atoms with E-state index in [-0.39, 0.29) is 17.9 Å². The lowest BCUT2D eigenvalue weighted by Gasteiger charge is -2.29. The molecule has 3 N–H and O–H groups in total. The van der Waals surface area contributed by atoms with Gasteiger partial charge in [0.2, 0.25) is 11.8 Å². The van der Waals surface area contributed by atoms with Crippen LogP contribution in [-0.4, -0.2) is 22.1 Å². The van der Waals surface area contributed by atoms with Crippen molar-refractivity contribution in [3.8, 4) is 0 Å². The van der Waals surface area contributed by atoms with E-state index in [1.54, 1.807) is 0 Å². The topological polar surface area (TPSA) is 94.0 Å². The van der Waals surface area contributed by atoms with Crippen LogP contribution in [0.2, 0.25) is 0 Å². The number of primary amides is 1. The van der Waals surface area contributed by atoms with E-state index in [0.717, 1.165) is 31.5 Å². The molecule has 2 saturated carbocycles. The highest BCUT2D eigenvalue weighted by molar-refractivity contribution is 5.77. The zero-order valence-corrected chi connectivity index (χ0v) is 12.4. The van der Waals surface area contributed by atoms with E-state index in [1.165, 1.54) is 25.7 Å². The fourth-order valence-electron chi connectivity index (χ4n) is 3.62. The lowest BCUT2D eigenvalue weighted by atomic mass is 9.84. The molecule has 116 valence electrons. The Balaban J connectivity index is 1.55. The van der Waals surface area contributed by atoms with Crippen molar-refractivity contribution in [3.05, 3.63) is 11.7 Å². The molecule has 6 nitrogen and oxygen atoms in total. The van der Waals surface area contributed by atoms with Gasteiger partial charge in [-0.3, -0.25) is 4.79 Å². The molecule has 2 aliphatic carbocycles. The zero-order valence-electron chi connectivity index (χ0n) is 12.4. The second-order valence-electron chi connectivity index (χ2n) is 6.31. The van der Waals surface area contributed by atoms with Crippen molar-refractivity contribution < 1.29 is 9.32 Å². The van der Waals surface area contributed by atoms with Crippen LogP contribution in [-0.2, 0) is 11.3 Å². The van der Waals surface area contributed by atoms with Gasteiger partial charge in [-0.2, -0.15) is 4.98 Å². The van der Waals surface area contributed by atoms with Crippen LogP contribution in [0.5, 0.6) is 0 Å². The van der Waals surface area contributed by atoms with Gasteiger partial charge >= 0.3 is 0 Å². The Hall–Kier alpha value is -1.43. The first-order valence-corrected chi connectivity index (χ1v) is 8.09. The molecular formula is C15H24N4O2. The van der Waals surface area contributed by atoms with Crippen molar-refractivity contribution in [1.82, 2.24) is 15.5 Å². The van der Waals surface area contributed by atoms with Crippen LogP contribution in [0.1, 0.15) is 69.0 Å². The summed E-state index contributed by atoms with van der Waals surface area (Å²) in [4.78, 5) is 16.0. The quantitative estimate of drug-likeness (QED) is 0.864. The van der Waals surface area contributed by atoms with Crippen LogP contribution in [0.25, 0.3) is 0 Å². The molecule has 1 heterocycles. The van der Waals surface area contributed by atoms with E-state index >= 15 is 0 Å². The summed E-state index contributed by atoms with van der Waals surface area (Å²) in [5.41, 5.74) is 5.48. The van der Waals surface area contributed by atoms with E-state index in [1.807, 2.05) is 0 Å². The number of nitrogens with two attached hydrogens (primary N) is 1. The molecule has 1 amide bonds. The molecule has 0 aliphatic heterocycles. The van der Waals surface area contributed by atoms with Gasteiger partial charge in [0.05, 0.1) is 12.5 Å². The maximum absolute atomic E-state index is 11.5. The van der Waals surface area contributed by atoms with Gasteiger partial charge in [-0.15, -0.1) is 0 Å². The normalized spacial score (nSPS) is 27.0. The van der Waals surface area contributed by atoms with Crippen molar-refractivity contribution in [3.63, 3.8) is 0 Å². The minimum atomic E-state index is -0.204. The average molecular weight is 292 g/mol. The largest absolute Gasteiger partial charge is 0.369 e. The molecule has 2 aliphatic rings. The van der Waals surface area contributed by atoms with Gasteiger partial charge in [0.25, 0.3) is 0 Å². The molecule has 3 rings (SSSR count). The molecule has 0 saturated heterocycles. The van der Waals surface area contributed by atoms with Gasteiger partial charge in [-0.1, -0.05) is 30.8 Å². The van der Waals surface area contributed by atoms with Gasteiger partial charge in [0.1, 0.15) is 0 Å². The molecule has 0 bridgehead atoms. The molecular weight excluding hydrogens is 268 g/mol. The van der Waals surface area contributed by atoms with E-state index in [0.29, 0.717) is 18.4 Å². The monoisotopic (exact) mass is 292 g/mol. The van der Waals surface area contributed by atoms with Crippen molar-refractivity contribution in [1.29, 1.82) is 0 Å². The van der Waals surface area contributed by atoms with Crippen molar-refractivity contribution in [2.75, 3.05) is 0 Å². The molecule has 0 aromatic carbocycles. The molecule has 0 unspecified atom stereocenters. The first kappa shape index (κ1) is 14.5. The standard InChI is InChI=1S/C15H24N4O2/c16-14(20)11-7-3-4-8-12(11)17-9-13-18-15(19-21-13)10-5-1-2-6-10/h10-12,17H,1-9H2,(H2,16,20)/t11-,12+/m0/s1. The number of carbonyl (C=O) groups is 1. The van der Waals surface area contributed by atoms with Crippen molar-refractivity contribution in [2.45, 2.75) is 69.9 Å². The molecule has 2 fully saturated rings. The van der Waals surface area contributed by atoms with Gasteiger partial charge in [-0.05, 0) is 25.7 Å². The Morgan fingerprint density at radius 1 is 1.19 bits per heavy atom. The van der Waals surface area contributed by atoms with Crippen LogP contribution in [0.15, 0.2) is 4.52 Å². The Morgan fingerprint density at radius 3 is 2.67 bits per heavy atom. The molecule has 1 aromatic heterocycles. The molecule has 6 heteroatoms. The number of nitrogens with zero attached hydrogens (tertiary/aromatic N) is 2. The molecule has 21 heavy (non-hydrogen) atoms. The smallest absolute Gasteiger partial charge is 0.240 e. The summed E-state index contributed by atoms with van der Waals surface area (Å²) >= 11 is 0. The van der Waals surface area contributed by atoms with Crippen molar-refractivity contribution >= 4 is 5.91 Å². The SMILES string of the molecule is NC(=O)[C@H]1CCCC[C@H]1NCc1nc(C2CCCC2)no1. The highest BCUT2D eigenvalue weighted by Crippen LogP contribution is 2.32. The minimum absolute atomic E-state index is 0.0732. The van der Waals surface area contributed by atoms with Crippen molar-refractivity contribution in [2.24, 2.45) is 11.7 Å². The maximum Gasteiger partial charge on any atom is 0.240 e. The summed E-state index contributed by atoms with van der Waals surface area (Å²) in [5.74, 6) is 1.65. The van der Waals surface area contributed by atoms with Crippen LogP contribution in [0.4, 0.5) is 0 Å². The van der Waals surface area contributed by atoms with E-state index < -0.39 is 0 Å². The number of hydrogen-bond donors (Lipinski definition) is 2. The van der Waals surface area contributed by atoms with Gasteiger partial charge in [0.15, 0.2) is 5.82 Å². The first-order chi connectivity index (χ1) is 10.2. The summed E-state index contributed by atoms with van der Waals surface area (Å²) in [6.45, 7) is 0.522. The molecule has 0 spiro atoms. The predicted octanol–water partition coefficient (Wildman–Crippen LogP) is 1.86. The summed E-state index contributed by atoms with van der Waals surface area (Å²) in [5, 5.41) is 7.47. The molecule has 2 atom stereocenters. The van der Waals surface area contributed by atoms with Gasteiger partial charge in [0, 0.05) is 12.0 Å². The van der Waals surface area contributed by atoms with Gasteiger partial charge in [-0.25, -0.2) is 0 Å². The second kappa shape index (κ2) is 6.56. The number of hydrogen-bond acceptors (Lipinski definition) is 5. The summed E-state index contributed by atoms with van der Waals surface area (Å²) < 4.78 is 5.32. The third-order valence-corrected chi connectivity index (χ3v) is 4.85. The summed E-state index contributed by atoms with van der Waals surface area (Å²) in [7, 11) is 0. The lowest BCUT2D eigenvalue weighted by Crippen LogP contribution is -2.44. The third-order valence-electron chi connectivity index (χ3n) is 4.85. The predicted molar refractivity (Wildman–Crippen MR) is 77.3 cm³/mol. The number of aromatic nitrogens is 2.